The third kappa shape index (κ3) is 2.79. The quantitative estimate of drug-likeness (QED) is 0.543. The molecule has 122 valence electrons. The molecule has 1 N–H and O–H groups in total. The maximum absolute atomic E-state index is 12.5. The van der Waals surface area contributed by atoms with Crippen LogP contribution in [0.3, 0.4) is 0 Å². The molecule has 24 heavy (non-hydrogen) atoms. The van der Waals surface area contributed by atoms with Crippen molar-refractivity contribution >= 4 is 34.5 Å². The molecule has 7 heteroatoms. The number of aromatic hydroxyl groups is 1. The zero-order valence-electron chi connectivity index (χ0n) is 12.4. The van der Waals surface area contributed by atoms with E-state index in [1.165, 1.54) is 30.3 Å². The van der Waals surface area contributed by atoms with Crippen LogP contribution in [0.2, 0.25) is 0 Å². The van der Waals surface area contributed by atoms with E-state index in [0.29, 0.717) is 18.3 Å². The van der Waals surface area contributed by atoms with Crippen LogP contribution in [-0.2, 0) is 9.59 Å². The molecule has 0 radical (unpaired) electrons. The lowest BCUT2D eigenvalue weighted by atomic mass is 10.1. The molecule has 0 unspecified atom stereocenters. The molecule has 3 aromatic rings. The number of phenolic OH excluding ortho intramolecular Hbond substituents is 1. The summed E-state index contributed by atoms with van der Waals surface area (Å²) < 4.78 is 15.9. The molecule has 7 nitrogen and oxygen atoms in total. The molecule has 0 saturated carbocycles. The summed E-state index contributed by atoms with van der Waals surface area (Å²) in [5.74, 6) is 0.267. The van der Waals surface area contributed by atoms with E-state index in [1.807, 2.05) is 0 Å². The van der Waals surface area contributed by atoms with Crippen LogP contribution in [0.5, 0.6) is 17.2 Å². The van der Waals surface area contributed by atoms with Gasteiger partial charge in [-0.15, -0.1) is 0 Å². The average Bonchev–Trinajstić information content (AvgIpc) is 2.57. The molecule has 0 amide bonds. The number of ether oxygens (including phenoxy) is 2. The second kappa shape index (κ2) is 6.41. The minimum Gasteiger partial charge on any atom is -0.507 e. The number of carbonyl (C=O) groups is 2. The van der Waals surface area contributed by atoms with Crippen molar-refractivity contribution in [1.82, 2.24) is 0 Å². The number of fused-ring (bicyclic) bond motifs is 2. The molecular weight excluding hydrogens is 316 g/mol. The summed E-state index contributed by atoms with van der Waals surface area (Å²) in [5, 5.41) is 10.3. The van der Waals surface area contributed by atoms with E-state index >= 15 is 0 Å². The molecule has 0 aliphatic carbocycles. The first kappa shape index (κ1) is 15.5. The topological polar surface area (TPSA) is 103 Å². The molecule has 2 aromatic carbocycles. The second-order valence-corrected chi connectivity index (χ2v) is 4.86. The fourth-order valence-corrected chi connectivity index (χ4v) is 2.35. The molecule has 0 fully saturated rings. The van der Waals surface area contributed by atoms with Gasteiger partial charge < -0.3 is 19.0 Å². The molecule has 0 saturated heterocycles. The molecule has 1 heterocycles. The van der Waals surface area contributed by atoms with E-state index in [4.69, 9.17) is 13.9 Å². The Bertz CT molecular complexity index is 988. The predicted octanol–water partition coefficient (Wildman–Crippen LogP) is 1.81. The van der Waals surface area contributed by atoms with Gasteiger partial charge in [-0.1, -0.05) is 0 Å². The third-order valence-electron chi connectivity index (χ3n) is 3.34. The van der Waals surface area contributed by atoms with Crippen molar-refractivity contribution in [3.63, 3.8) is 0 Å². The first-order valence-corrected chi connectivity index (χ1v) is 7.00. The van der Waals surface area contributed by atoms with Crippen molar-refractivity contribution < 1.29 is 28.6 Å². The van der Waals surface area contributed by atoms with Gasteiger partial charge in [-0.3, -0.25) is 14.4 Å². The summed E-state index contributed by atoms with van der Waals surface area (Å²) in [6, 6.07) is 7.17. The molecule has 0 spiro atoms. The highest BCUT2D eigenvalue weighted by molar-refractivity contribution is 5.94. The monoisotopic (exact) mass is 328 g/mol. The first-order chi connectivity index (χ1) is 11.6. The summed E-state index contributed by atoms with van der Waals surface area (Å²) in [7, 11) is 0. The van der Waals surface area contributed by atoms with Gasteiger partial charge in [0.2, 0.25) is 5.43 Å². The number of phenols is 1. The van der Waals surface area contributed by atoms with Gasteiger partial charge in [0.05, 0.1) is 5.39 Å². The first-order valence-electron chi connectivity index (χ1n) is 7.00. The van der Waals surface area contributed by atoms with Gasteiger partial charge in [-0.05, 0) is 12.1 Å². The van der Waals surface area contributed by atoms with Gasteiger partial charge in [0.25, 0.3) is 0 Å². The van der Waals surface area contributed by atoms with Crippen molar-refractivity contribution in [1.29, 1.82) is 0 Å². The standard InChI is InChI=1S/C17H12O7/c18-3-5-22-10-1-2-12-14(8-10)24-15-9-11(23-6-4-19)7-13(20)16(15)17(12)21/h1-4,7-9,20H,5-6H2. The van der Waals surface area contributed by atoms with Gasteiger partial charge in [0.1, 0.15) is 47.0 Å². The zero-order chi connectivity index (χ0) is 17.1. The van der Waals surface area contributed by atoms with Crippen LogP contribution in [0.4, 0.5) is 0 Å². The lowest BCUT2D eigenvalue weighted by Crippen LogP contribution is -2.04. The van der Waals surface area contributed by atoms with Gasteiger partial charge in [-0.25, -0.2) is 0 Å². The molecular formula is C17H12O7. The predicted molar refractivity (Wildman–Crippen MR) is 84.8 cm³/mol. The average molecular weight is 328 g/mol. The summed E-state index contributed by atoms with van der Waals surface area (Å²) in [6.07, 6.45) is 1.17. The summed E-state index contributed by atoms with van der Waals surface area (Å²) in [5.41, 5.74) is -0.0589. The number of benzene rings is 2. The van der Waals surface area contributed by atoms with Crippen LogP contribution in [0.1, 0.15) is 0 Å². The van der Waals surface area contributed by atoms with Crippen LogP contribution in [0.15, 0.2) is 39.5 Å². The van der Waals surface area contributed by atoms with E-state index in [-0.39, 0.29) is 46.7 Å². The Morgan fingerprint density at radius 3 is 2.33 bits per heavy atom. The zero-order valence-corrected chi connectivity index (χ0v) is 12.4. The normalized spacial score (nSPS) is 10.7. The summed E-state index contributed by atoms with van der Waals surface area (Å²) >= 11 is 0. The van der Waals surface area contributed by atoms with Crippen LogP contribution >= 0.6 is 0 Å². The summed E-state index contributed by atoms with van der Waals surface area (Å²) in [6.45, 7) is -0.305. The van der Waals surface area contributed by atoms with Crippen LogP contribution in [0.25, 0.3) is 21.9 Å². The Labute approximate surface area is 135 Å². The largest absolute Gasteiger partial charge is 0.507 e. The fraction of sp³-hybridized carbons (Fsp3) is 0.118. The van der Waals surface area contributed by atoms with E-state index in [9.17, 15) is 19.5 Å². The molecule has 0 aliphatic heterocycles. The Hall–Kier alpha value is -3.35. The number of hydrogen-bond donors (Lipinski definition) is 1. The van der Waals surface area contributed by atoms with Crippen LogP contribution < -0.4 is 14.9 Å². The van der Waals surface area contributed by atoms with Crippen molar-refractivity contribution in [2.75, 3.05) is 13.2 Å². The minimum atomic E-state index is -0.410. The number of rotatable bonds is 6. The van der Waals surface area contributed by atoms with E-state index in [1.54, 1.807) is 0 Å². The van der Waals surface area contributed by atoms with E-state index in [2.05, 4.69) is 0 Å². The third-order valence-corrected chi connectivity index (χ3v) is 3.34. The molecule has 3 rings (SSSR count). The lowest BCUT2D eigenvalue weighted by molar-refractivity contribution is -0.110. The minimum absolute atomic E-state index is 0.0162. The maximum atomic E-state index is 12.5. The van der Waals surface area contributed by atoms with Crippen molar-refractivity contribution in [2.45, 2.75) is 0 Å². The van der Waals surface area contributed by atoms with Crippen LogP contribution in [-0.4, -0.2) is 30.9 Å². The highest BCUT2D eigenvalue weighted by atomic mass is 16.5. The SMILES string of the molecule is O=CCOc1ccc2c(=O)c3c(O)cc(OCC=O)cc3oc2c1. The van der Waals surface area contributed by atoms with Gasteiger partial charge in [0, 0.05) is 18.2 Å². The smallest absolute Gasteiger partial charge is 0.204 e. The Kier molecular flexibility index (Phi) is 4.15. The van der Waals surface area contributed by atoms with Crippen molar-refractivity contribution in [2.24, 2.45) is 0 Å². The number of hydrogen-bond acceptors (Lipinski definition) is 7. The molecule has 1 aromatic heterocycles. The Balaban J connectivity index is 2.20. The molecule has 0 atom stereocenters. The highest BCUT2D eigenvalue weighted by Gasteiger charge is 2.14. The maximum Gasteiger partial charge on any atom is 0.204 e. The second-order valence-electron chi connectivity index (χ2n) is 4.86. The molecule has 0 bridgehead atoms. The van der Waals surface area contributed by atoms with Crippen molar-refractivity contribution in [3.8, 4) is 17.2 Å². The summed E-state index contributed by atoms with van der Waals surface area (Å²) in [4.78, 5) is 33.3. The highest BCUT2D eigenvalue weighted by Crippen LogP contribution is 2.31. The Morgan fingerprint density at radius 1 is 0.958 bits per heavy atom. The number of aldehydes is 2. The molecule has 0 aliphatic rings. The van der Waals surface area contributed by atoms with E-state index in [0.717, 1.165) is 0 Å². The fourth-order valence-electron chi connectivity index (χ4n) is 2.35. The van der Waals surface area contributed by atoms with Gasteiger partial charge >= 0.3 is 0 Å². The van der Waals surface area contributed by atoms with Gasteiger partial charge in [0.15, 0.2) is 12.6 Å². The number of carbonyl (C=O) groups excluding carboxylic acids is 2. The van der Waals surface area contributed by atoms with E-state index < -0.39 is 5.43 Å². The van der Waals surface area contributed by atoms with Gasteiger partial charge in [-0.2, -0.15) is 0 Å². The Morgan fingerprint density at radius 2 is 1.62 bits per heavy atom. The lowest BCUT2D eigenvalue weighted by Gasteiger charge is -2.08. The van der Waals surface area contributed by atoms with Crippen molar-refractivity contribution in [3.05, 3.63) is 40.6 Å². The van der Waals surface area contributed by atoms with Crippen LogP contribution in [0, 0.1) is 0 Å².